The Labute approximate surface area is 147 Å². The smallest absolute Gasteiger partial charge is 0.410 e. The van der Waals surface area contributed by atoms with E-state index in [4.69, 9.17) is 9.26 Å². The van der Waals surface area contributed by atoms with Gasteiger partial charge in [0.2, 0.25) is 11.5 Å². The number of aromatic nitrogens is 1. The minimum absolute atomic E-state index is 0.109. The Balaban J connectivity index is 1.86. The van der Waals surface area contributed by atoms with Gasteiger partial charge in [-0.1, -0.05) is 5.16 Å². The van der Waals surface area contributed by atoms with Gasteiger partial charge < -0.3 is 14.2 Å². The van der Waals surface area contributed by atoms with Gasteiger partial charge in [-0.15, -0.1) is 0 Å². The number of ether oxygens (including phenoxy) is 1. The molecular weight excluding hydrogens is 324 g/mol. The molecule has 2 rings (SSSR count). The van der Waals surface area contributed by atoms with Crippen LogP contribution in [0, 0.1) is 19.8 Å². The van der Waals surface area contributed by atoms with Crippen molar-refractivity contribution in [3.8, 4) is 0 Å². The van der Waals surface area contributed by atoms with Crippen molar-refractivity contribution in [1.29, 1.82) is 0 Å². The van der Waals surface area contributed by atoms with Crippen molar-refractivity contribution < 1.29 is 23.6 Å². The molecule has 0 atom stereocenters. The highest BCUT2D eigenvalue weighted by Gasteiger charge is 2.31. The maximum absolute atomic E-state index is 12.4. The molecule has 7 nitrogen and oxygen atoms in total. The molecule has 0 N–H and O–H groups in total. The average molecular weight is 350 g/mol. The minimum atomic E-state index is -0.538. The predicted molar refractivity (Wildman–Crippen MR) is 90.5 cm³/mol. The van der Waals surface area contributed by atoms with Crippen molar-refractivity contribution in [2.45, 2.75) is 59.5 Å². The lowest BCUT2D eigenvalue weighted by Crippen LogP contribution is -2.43. The lowest BCUT2D eigenvalue weighted by Gasteiger charge is -2.32. The molecule has 1 aromatic rings. The maximum Gasteiger partial charge on any atom is 0.410 e. The molecule has 2 heterocycles. The van der Waals surface area contributed by atoms with Gasteiger partial charge in [0.15, 0.2) is 0 Å². The van der Waals surface area contributed by atoms with Gasteiger partial charge in [0, 0.05) is 24.6 Å². The molecule has 0 bridgehead atoms. The van der Waals surface area contributed by atoms with Crippen LogP contribution in [-0.2, 0) is 9.53 Å². The second kappa shape index (κ2) is 7.37. The molecular formula is C18H26N2O5. The molecule has 25 heavy (non-hydrogen) atoms. The van der Waals surface area contributed by atoms with E-state index in [-0.39, 0.29) is 35.8 Å². The summed E-state index contributed by atoms with van der Waals surface area (Å²) in [6, 6.07) is 0. The number of carbonyl (C=O) groups excluding carboxylic acids is 3. The number of Topliss-reactive ketones (excluding diaryl/α,β-unsaturated/α-hetero) is 2. The van der Waals surface area contributed by atoms with E-state index in [0.29, 0.717) is 37.2 Å². The number of piperidine rings is 1. The lowest BCUT2D eigenvalue weighted by atomic mass is 9.89. The monoisotopic (exact) mass is 350 g/mol. The molecule has 0 saturated carbocycles. The Kier molecular flexibility index (Phi) is 5.65. The standard InChI is InChI=1S/C18H26N2O5/c1-11-12(2)19-25-16(11)15(22)10-14(21)13-6-8-20(9-7-13)17(23)24-18(3,4)5/h13H,6-10H2,1-5H3. The topological polar surface area (TPSA) is 89.7 Å². The molecule has 0 spiro atoms. The molecule has 0 aromatic carbocycles. The Hall–Kier alpha value is -2.18. The van der Waals surface area contributed by atoms with Crippen molar-refractivity contribution in [2.75, 3.05) is 13.1 Å². The number of likely N-dealkylation sites (tertiary alicyclic amines) is 1. The third-order valence-corrected chi connectivity index (χ3v) is 4.35. The van der Waals surface area contributed by atoms with E-state index in [2.05, 4.69) is 5.16 Å². The van der Waals surface area contributed by atoms with Gasteiger partial charge in [-0.05, 0) is 47.5 Å². The number of amides is 1. The van der Waals surface area contributed by atoms with Crippen molar-refractivity contribution >= 4 is 17.7 Å². The predicted octanol–water partition coefficient (Wildman–Crippen LogP) is 3.08. The first kappa shape index (κ1) is 19.1. The van der Waals surface area contributed by atoms with Gasteiger partial charge in [-0.2, -0.15) is 0 Å². The van der Waals surface area contributed by atoms with Crippen molar-refractivity contribution in [3.63, 3.8) is 0 Å². The SMILES string of the molecule is Cc1noc(C(=O)CC(=O)C2CCN(C(=O)OC(C)(C)C)CC2)c1C. The summed E-state index contributed by atoms with van der Waals surface area (Å²) in [6.45, 7) is 9.88. The van der Waals surface area contributed by atoms with Crippen molar-refractivity contribution in [2.24, 2.45) is 5.92 Å². The van der Waals surface area contributed by atoms with Crippen molar-refractivity contribution in [1.82, 2.24) is 10.1 Å². The van der Waals surface area contributed by atoms with Gasteiger partial charge in [0.05, 0.1) is 12.1 Å². The van der Waals surface area contributed by atoms with Crippen LogP contribution < -0.4 is 0 Å². The highest BCUT2D eigenvalue weighted by Crippen LogP contribution is 2.23. The first-order valence-electron chi connectivity index (χ1n) is 8.55. The molecule has 1 aliphatic heterocycles. The molecule has 1 aliphatic rings. The van der Waals surface area contributed by atoms with E-state index in [1.807, 2.05) is 20.8 Å². The summed E-state index contributed by atoms with van der Waals surface area (Å²) in [7, 11) is 0. The molecule has 1 amide bonds. The van der Waals surface area contributed by atoms with Crippen LogP contribution in [-0.4, -0.2) is 46.4 Å². The molecule has 0 aliphatic carbocycles. The molecule has 1 saturated heterocycles. The van der Waals surface area contributed by atoms with Crippen LogP contribution in [0.15, 0.2) is 4.52 Å². The highest BCUT2D eigenvalue weighted by molar-refractivity contribution is 6.07. The summed E-state index contributed by atoms with van der Waals surface area (Å²) in [5.74, 6) is -0.496. The number of carbonyl (C=O) groups is 3. The van der Waals surface area contributed by atoms with Gasteiger partial charge in [0.1, 0.15) is 11.4 Å². The van der Waals surface area contributed by atoms with Gasteiger partial charge in [-0.3, -0.25) is 9.59 Å². The van der Waals surface area contributed by atoms with Gasteiger partial charge in [-0.25, -0.2) is 4.79 Å². The Morgan fingerprint density at radius 3 is 2.28 bits per heavy atom. The Morgan fingerprint density at radius 1 is 1.20 bits per heavy atom. The fourth-order valence-corrected chi connectivity index (χ4v) is 2.77. The third kappa shape index (κ3) is 4.90. The van der Waals surface area contributed by atoms with Crippen LogP contribution in [0.4, 0.5) is 4.79 Å². The van der Waals surface area contributed by atoms with Crippen LogP contribution in [0.1, 0.15) is 61.8 Å². The second-order valence-corrected chi connectivity index (χ2v) is 7.53. The summed E-state index contributed by atoms with van der Waals surface area (Å²) in [5, 5.41) is 3.75. The van der Waals surface area contributed by atoms with E-state index >= 15 is 0 Å². The van der Waals surface area contributed by atoms with E-state index in [9.17, 15) is 14.4 Å². The van der Waals surface area contributed by atoms with Gasteiger partial charge in [0.25, 0.3) is 0 Å². The molecule has 1 aromatic heterocycles. The van der Waals surface area contributed by atoms with Crippen LogP contribution in [0.5, 0.6) is 0 Å². The first-order chi connectivity index (χ1) is 11.6. The Bertz CT molecular complexity index is 663. The van der Waals surface area contributed by atoms with E-state index in [0.717, 1.165) is 0 Å². The number of nitrogens with zero attached hydrogens (tertiary/aromatic N) is 2. The molecule has 1 fully saturated rings. The number of hydrogen-bond acceptors (Lipinski definition) is 6. The van der Waals surface area contributed by atoms with Crippen LogP contribution in [0.2, 0.25) is 0 Å². The summed E-state index contributed by atoms with van der Waals surface area (Å²) in [5.41, 5.74) is 0.794. The van der Waals surface area contributed by atoms with Crippen LogP contribution in [0.25, 0.3) is 0 Å². The fraction of sp³-hybridized carbons (Fsp3) is 0.667. The zero-order valence-corrected chi connectivity index (χ0v) is 15.5. The summed E-state index contributed by atoms with van der Waals surface area (Å²) in [6.07, 6.45) is 0.536. The summed E-state index contributed by atoms with van der Waals surface area (Å²) in [4.78, 5) is 38.3. The number of rotatable bonds is 4. The number of ketones is 2. The first-order valence-corrected chi connectivity index (χ1v) is 8.55. The minimum Gasteiger partial charge on any atom is -0.444 e. The van der Waals surface area contributed by atoms with Crippen molar-refractivity contribution in [3.05, 3.63) is 17.0 Å². The number of aryl methyl sites for hydroxylation is 1. The second-order valence-electron chi connectivity index (χ2n) is 7.53. The summed E-state index contributed by atoms with van der Waals surface area (Å²) >= 11 is 0. The maximum atomic E-state index is 12.4. The molecule has 0 unspecified atom stereocenters. The molecule has 7 heteroatoms. The zero-order valence-electron chi connectivity index (χ0n) is 15.5. The highest BCUT2D eigenvalue weighted by atomic mass is 16.6. The average Bonchev–Trinajstić information content (AvgIpc) is 2.85. The molecule has 138 valence electrons. The quantitative estimate of drug-likeness (QED) is 0.612. The fourth-order valence-electron chi connectivity index (χ4n) is 2.77. The van der Waals surface area contributed by atoms with E-state index in [1.165, 1.54) is 0 Å². The van der Waals surface area contributed by atoms with Crippen LogP contribution in [0.3, 0.4) is 0 Å². The van der Waals surface area contributed by atoms with E-state index < -0.39 is 5.60 Å². The zero-order chi connectivity index (χ0) is 18.8. The van der Waals surface area contributed by atoms with Gasteiger partial charge >= 0.3 is 6.09 Å². The lowest BCUT2D eigenvalue weighted by molar-refractivity contribution is -0.123. The normalized spacial score (nSPS) is 16.0. The Morgan fingerprint density at radius 2 is 1.80 bits per heavy atom. The van der Waals surface area contributed by atoms with E-state index in [1.54, 1.807) is 18.7 Å². The largest absolute Gasteiger partial charge is 0.444 e. The number of hydrogen-bond donors (Lipinski definition) is 0. The third-order valence-electron chi connectivity index (χ3n) is 4.35. The molecule has 0 radical (unpaired) electrons. The summed E-state index contributed by atoms with van der Waals surface area (Å²) < 4.78 is 10.4. The van der Waals surface area contributed by atoms with Crippen LogP contribution >= 0.6 is 0 Å².